The molecular weight excluding hydrogens is 439 g/mol. The third kappa shape index (κ3) is 6.14. The zero-order valence-electron chi connectivity index (χ0n) is 16.5. The van der Waals surface area contributed by atoms with Gasteiger partial charge in [-0.25, -0.2) is 0 Å². The van der Waals surface area contributed by atoms with Crippen LogP contribution >= 0.6 is 24.0 Å². The molecular formula is C20H33IN4O. The molecule has 1 amide bonds. The Kier molecular flexibility index (Phi) is 9.39. The molecule has 0 radical (unpaired) electrons. The molecule has 0 spiro atoms. The van der Waals surface area contributed by atoms with Crippen LogP contribution in [0.15, 0.2) is 29.3 Å². The second-order valence-corrected chi connectivity index (χ2v) is 7.28. The fraction of sp³-hybridized carbons (Fsp3) is 0.600. The molecule has 1 aliphatic rings. The van der Waals surface area contributed by atoms with Crippen LogP contribution in [-0.2, 0) is 11.2 Å². The summed E-state index contributed by atoms with van der Waals surface area (Å²) >= 11 is 0. The van der Waals surface area contributed by atoms with Crippen molar-refractivity contribution in [1.82, 2.24) is 15.5 Å². The van der Waals surface area contributed by atoms with Gasteiger partial charge in [0.15, 0.2) is 5.96 Å². The maximum Gasteiger partial charge on any atom is 0.230 e. The van der Waals surface area contributed by atoms with Gasteiger partial charge in [0.1, 0.15) is 0 Å². The van der Waals surface area contributed by atoms with Crippen LogP contribution in [0.5, 0.6) is 0 Å². The lowest BCUT2D eigenvalue weighted by molar-refractivity contribution is -0.138. The van der Waals surface area contributed by atoms with Crippen LogP contribution in [0.2, 0.25) is 0 Å². The highest BCUT2D eigenvalue weighted by molar-refractivity contribution is 14.0. The fourth-order valence-corrected chi connectivity index (χ4v) is 3.66. The van der Waals surface area contributed by atoms with E-state index in [1.807, 2.05) is 14.1 Å². The Morgan fingerprint density at radius 2 is 1.92 bits per heavy atom. The van der Waals surface area contributed by atoms with E-state index in [-0.39, 0.29) is 35.3 Å². The Bertz CT molecular complexity index is 610. The van der Waals surface area contributed by atoms with Crippen molar-refractivity contribution in [3.8, 4) is 0 Å². The average molecular weight is 472 g/mol. The first-order chi connectivity index (χ1) is 12.0. The number of carbonyl (C=O) groups is 1. The standard InChI is InChI=1S/C20H32N4O.HI/c1-16-8-7-9-17(14-16)10-13-22-19(21-2)23-15-20(11-5-6-12-20)18(25)24(3)4;/h7-9,14H,5-6,10-13,15H2,1-4H3,(H2,21,22,23);1H. The normalized spacial score (nSPS) is 15.9. The number of aliphatic imine (C=N–C) groups is 1. The molecule has 0 saturated heterocycles. The van der Waals surface area contributed by atoms with Gasteiger partial charge in [-0.05, 0) is 31.7 Å². The van der Waals surface area contributed by atoms with E-state index in [0.717, 1.165) is 44.6 Å². The lowest BCUT2D eigenvalue weighted by Crippen LogP contribution is -2.49. The molecule has 0 unspecified atom stereocenters. The summed E-state index contributed by atoms with van der Waals surface area (Å²) in [5.41, 5.74) is 2.32. The molecule has 0 aliphatic heterocycles. The maximum absolute atomic E-state index is 12.6. The number of hydrogen-bond donors (Lipinski definition) is 2. The zero-order valence-corrected chi connectivity index (χ0v) is 18.8. The molecule has 6 heteroatoms. The topological polar surface area (TPSA) is 56.7 Å². The number of benzene rings is 1. The van der Waals surface area contributed by atoms with E-state index >= 15 is 0 Å². The maximum atomic E-state index is 12.6. The smallest absolute Gasteiger partial charge is 0.230 e. The third-order valence-corrected chi connectivity index (χ3v) is 5.03. The minimum absolute atomic E-state index is 0. The van der Waals surface area contributed by atoms with Crippen LogP contribution in [0, 0.1) is 12.3 Å². The number of nitrogens with one attached hydrogen (secondary N) is 2. The van der Waals surface area contributed by atoms with E-state index in [2.05, 4.69) is 46.8 Å². The molecule has 1 fully saturated rings. The number of nitrogens with zero attached hydrogens (tertiary/aromatic N) is 2. The summed E-state index contributed by atoms with van der Waals surface area (Å²) in [5.74, 6) is 0.998. The summed E-state index contributed by atoms with van der Waals surface area (Å²) in [6.45, 7) is 3.58. The molecule has 1 saturated carbocycles. The SMILES string of the molecule is CN=C(NCCc1cccc(C)c1)NCC1(C(=O)N(C)C)CCCC1.I. The van der Waals surface area contributed by atoms with Gasteiger partial charge in [0.2, 0.25) is 5.91 Å². The first kappa shape index (κ1) is 22.7. The summed E-state index contributed by atoms with van der Waals surface area (Å²) in [4.78, 5) is 18.7. The predicted molar refractivity (Wildman–Crippen MR) is 119 cm³/mol. The summed E-state index contributed by atoms with van der Waals surface area (Å²) in [7, 11) is 5.46. The van der Waals surface area contributed by atoms with Crippen LogP contribution in [0.3, 0.4) is 0 Å². The van der Waals surface area contributed by atoms with Crippen molar-refractivity contribution in [2.75, 3.05) is 34.2 Å². The van der Waals surface area contributed by atoms with Gasteiger partial charge in [0, 0.05) is 34.2 Å². The van der Waals surface area contributed by atoms with Gasteiger partial charge in [-0.15, -0.1) is 24.0 Å². The number of hydrogen-bond acceptors (Lipinski definition) is 2. The van der Waals surface area contributed by atoms with Gasteiger partial charge in [-0.2, -0.15) is 0 Å². The van der Waals surface area contributed by atoms with Gasteiger partial charge < -0.3 is 15.5 Å². The molecule has 26 heavy (non-hydrogen) atoms. The van der Waals surface area contributed by atoms with Gasteiger partial charge in [-0.3, -0.25) is 9.79 Å². The number of halogens is 1. The van der Waals surface area contributed by atoms with Crippen LogP contribution in [0.4, 0.5) is 0 Å². The van der Waals surface area contributed by atoms with Crippen LogP contribution in [0.25, 0.3) is 0 Å². The van der Waals surface area contributed by atoms with Crippen molar-refractivity contribution in [2.24, 2.45) is 10.4 Å². The van der Waals surface area contributed by atoms with Crippen molar-refractivity contribution in [1.29, 1.82) is 0 Å². The number of rotatable bonds is 6. The number of amides is 1. The average Bonchev–Trinajstić information content (AvgIpc) is 3.07. The first-order valence-electron chi connectivity index (χ1n) is 9.19. The minimum Gasteiger partial charge on any atom is -0.356 e. The molecule has 0 bridgehead atoms. The highest BCUT2D eigenvalue weighted by Crippen LogP contribution is 2.38. The summed E-state index contributed by atoms with van der Waals surface area (Å²) in [6, 6.07) is 8.56. The fourth-order valence-electron chi connectivity index (χ4n) is 3.66. The minimum atomic E-state index is -0.280. The quantitative estimate of drug-likeness (QED) is 0.380. The van der Waals surface area contributed by atoms with Gasteiger partial charge in [0.25, 0.3) is 0 Å². The van der Waals surface area contributed by atoms with Crippen molar-refractivity contribution >= 4 is 35.8 Å². The number of guanidine groups is 1. The zero-order chi connectivity index (χ0) is 18.3. The van der Waals surface area contributed by atoms with Crippen LogP contribution in [-0.4, -0.2) is 51.0 Å². The Labute approximate surface area is 175 Å². The number of carbonyl (C=O) groups excluding carboxylic acids is 1. The molecule has 0 aromatic heterocycles. The largest absolute Gasteiger partial charge is 0.356 e. The van der Waals surface area contributed by atoms with Crippen LogP contribution < -0.4 is 10.6 Å². The van der Waals surface area contributed by atoms with E-state index in [1.165, 1.54) is 11.1 Å². The number of aryl methyl sites for hydroxylation is 1. The molecule has 2 rings (SSSR count). The van der Waals surface area contributed by atoms with Gasteiger partial charge in [0.05, 0.1) is 5.41 Å². The first-order valence-corrected chi connectivity index (χ1v) is 9.19. The van der Waals surface area contributed by atoms with E-state index < -0.39 is 0 Å². The lowest BCUT2D eigenvalue weighted by atomic mass is 9.84. The van der Waals surface area contributed by atoms with Crippen molar-refractivity contribution < 1.29 is 4.79 Å². The summed E-state index contributed by atoms with van der Waals surface area (Å²) < 4.78 is 0. The van der Waals surface area contributed by atoms with Gasteiger partial charge >= 0.3 is 0 Å². The molecule has 1 aromatic rings. The van der Waals surface area contributed by atoms with E-state index in [0.29, 0.717) is 6.54 Å². The second-order valence-electron chi connectivity index (χ2n) is 7.28. The third-order valence-electron chi connectivity index (χ3n) is 5.03. The van der Waals surface area contributed by atoms with Crippen molar-refractivity contribution in [3.63, 3.8) is 0 Å². The molecule has 0 atom stereocenters. The summed E-state index contributed by atoms with van der Waals surface area (Å²) in [6.07, 6.45) is 5.11. The van der Waals surface area contributed by atoms with Crippen molar-refractivity contribution in [3.05, 3.63) is 35.4 Å². The lowest BCUT2D eigenvalue weighted by Gasteiger charge is -2.31. The predicted octanol–water partition coefficient (Wildman–Crippen LogP) is 2.97. The molecule has 146 valence electrons. The van der Waals surface area contributed by atoms with Crippen LogP contribution in [0.1, 0.15) is 36.8 Å². The Morgan fingerprint density at radius 3 is 2.50 bits per heavy atom. The highest BCUT2D eigenvalue weighted by atomic mass is 127. The molecule has 5 nitrogen and oxygen atoms in total. The highest BCUT2D eigenvalue weighted by Gasteiger charge is 2.42. The Hall–Kier alpha value is -1.31. The Morgan fingerprint density at radius 1 is 1.23 bits per heavy atom. The van der Waals surface area contributed by atoms with E-state index in [9.17, 15) is 4.79 Å². The van der Waals surface area contributed by atoms with E-state index in [1.54, 1.807) is 11.9 Å². The molecule has 2 N–H and O–H groups in total. The molecule has 0 heterocycles. The second kappa shape index (κ2) is 10.7. The summed E-state index contributed by atoms with van der Waals surface area (Å²) in [5, 5.41) is 6.74. The monoisotopic (exact) mass is 472 g/mol. The van der Waals surface area contributed by atoms with Crippen molar-refractivity contribution in [2.45, 2.75) is 39.0 Å². The van der Waals surface area contributed by atoms with E-state index in [4.69, 9.17) is 0 Å². The molecule has 1 aliphatic carbocycles. The molecule has 1 aromatic carbocycles. The van der Waals surface area contributed by atoms with Gasteiger partial charge in [-0.1, -0.05) is 42.7 Å². The Balaban J connectivity index is 0.00000338.